The monoisotopic (exact) mass is 365 g/mol. The maximum absolute atomic E-state index is 12.1. The molecule has 0 aromatic heterocycles. The fraction of sp³-hybridized carbons (Fsp3) is 0.500. The number of nitro groups is 1. The minimum absolute atomic E-state index is 0.115. The molecule has 0 spiro atoms. The first-order valence-corrected chi connectivity index (χ1v) is 8.47. The van der Waals surface area contributed by atoms with E-state index < -0.39 is 24.5 Å². The molecule has 0 aliphatic heterocycles. The Kier molecular flexibility index (Phi) is 5.28. The molecule has 2 atom stereocenters. The van der Waals surface area contributed by atoms with Gasteiger partial charge in [-0.2, -0.15) is 0 Å². The van der Waals surface area contributed by atoms with Gasteiger partial charge in [-0.25, -0.2) is 8.42 Å². The summed E-state index contributed by atoms with van der Waals surface area (Å²) >= 11 is 3.14. The van der Waals surface area contributed by atoms with Gasteiger partial charge in [0.25, 0.3) is 5.69 Å². The first-order chi connectivity index (χ1) is 9.19. The minimum atomic E-state index is -3.55. The fourth-order valence-corrected chi connectivity index (χ4v) is 4.20. The Morgan fingerprint density at radius 1 is 1.35 bits per heavy atom. The summed E-state index contributed by atoms with van der Waals surface area (Å²) in [6.07, 6.45) is -1.14. The summed E-state index contributed by atoms with van der Waals surface area (Å²) in [5, 5.41) is 20.9. The zero-order valence-electron chi connectivity index (χ0n) is 11.1. The molecule has 8 heteroatoms. The van der Waals surface area contributed by atoms with Crippen molar-refractivity contribution in [1.29, 1.82) is 0 Å². The van der Waals surface area contributed by atoms with E-state index in [-0.39, 0.29) is 17.9 Å². The van der Waals surface area contributed by atoms with Crippen molar-refractivity contribution in [3.05, 3.63) is 39.9 Å². The lowest BCUT2D eigenvalue weighted by atomic mass is 10.0. The molecule has 0 amide bonds. The number of benzene rings is 1. The highest BCUT2D eigenvalue weighted by molar-refractivity contribution is 9.11. The molecule has 1 aromatic rings. The first-order valence-electron chi connectivity index (χ1n) is 6.03. The number of alkyl halides is 1. The standard InChI is InChI=1S/C12H16BrNO5S/c1-3-12(13,20(18,19)4-2)11(15)9-5-7-10(8-6-9)14(16)17/h5-8,11,15H,3-4H2,1-2H3. The molecule has 0 radical (unpaired) electrons. The maximum atomic E-state index is 12.1. The number of rotatable bonds is 6. The molecule has 0 aliphatic rings. The summed E-state index contributed by atoms with van der Waals surface area (Å²) in [6, 6.07) is 5.19. The third-order valence-electron chi connectivity index (χ3n) is 3.21. The summed E-state index contributed by atoms with van der Waals surface area (Å²) in [6.45, 7) is 3.15. The van der Waals surface area contributed by atoms with E-state index in [9.17, 15) is 23.6 Å². The van der Waals surface area contributed by atoms with Crippen LogP contribution in [0.5, 0.6) is 0 Å². The summed E-state index contributed by atoms with van der Waals surface area (Å²) in [5.41, 5.74) is 0.197. The van der Waals surface area contributed by atoms with Crippen molar-refractivity contribution in [3.63, 3.8) is 0 Å². The Hall–Kier alpha value is -0.990. The van der Waals surface area contributed by atoms with Crippen LogP contribution in [0.3, 0.4) is 0 Å². The van der Waals surface area contributed by atoms with E-state index in [1.165, 1.54) is 31.2 Å². The molecule has 0 aliphatic carbocycles. The average molecular weight is 366 g/mol. The second-order valence-corrected chi connectivity index (χ2v) is 8.77. The Morgan fingerprint density at radius 2 is 1.85 bits per heavy atom. The van der Waals surface area contributed by atoms with Crippen molar-refractivity contribution in [2.24, 2.45) is 0 Å². The highest BCUT2D eigenvalue weighted by Gasteiger charge is 2.45. The third-order valence-corrected chi connectivity index (χ3v) is 7.99. The number of hydrogen-bond acceptors (Lipinski definition) is 5. The molecule has 1 rings (SSSR count). The van der Waals surface area contributed by atoms with Crippen LogP contribution in [0, 0.1) is 10.1 Å². The van der Waals surface area contributed by atoms with E-state index in [4.69, 9.17) is 0 Å². The van der Waals surface area contributed by atoms with Gasteiger partial charge in [0, 0.05) is 17.9 Å². The molecule has 2 unspecified atom stereocenters. The quantitative estimate of drug-likeness (QED) is 0.474. The number of hydrogen-bond donors (Lipinski definition) is 1. The van der Waals surface area contributed by atoms with Crippen LogP contribution in [0.2, 0.25) is 0 Å². The highest BCUT2D eigenvalue weighted by Crippen LogP contribution is 2.42. The van der Waals surface area contributed by atoms with Crippen molar-refractivity contribution in [3.8, 4) is 0 Å². The lowest BCUT2D eigenvalue weighted by Gasteiger charge is -2.31. The topological polar surface area (TPSA) is 97.5 Å². The van der Waals surface area contributed by atoms with Crippen molar-refractivity contribution in [2.75, 3.05) is 5.75 Å². The Morgan fingerprint density at radius 3 is 2.20 bits per heavy atom. The third kappa shape index (κ3) is 3.02. The SMILES string of the molecule is CCC(Br)(C(O)c1ccc([N+](=O)[O-])cc1)S(=O)(=O)CC. The molecule has 0 bridgehead atoms. The van der Waals surface area contributed by atoms with Crippen LogP contribution in [-0.2, 0) is 9.84 Å². The summed E-state index contributed by atoms with van der Waals surface area (Å²) < 4.78 is 22.8. The van der Waals surface area contributed by atoms with Gasteiger partial charge in [-0.1, -0.05) is 29.8 Å². The van der Waals surface area contributed by atoms with Crippen LogP contribution in [0.4, 0.5) is 5.69 Å². The van der Waals surface area contributed by atoms with E-state index in [1.54, 1.807) is 6.92 Å². The Labute approximate surface area is 126 Å². The number of nitrogens with zero attached hydrogens (tertiary/aromatic N) is 1. The van der Waals surface area contributed by atoms with E-state index in [0.717, 1.165) is 0 Å². The number of non-ortho nitro benzene ring substituents is 1. The largest absolute Gasteiger partial charge is 0.386 e. The maximum Gasteiger partial charge on any atom is 0.269 e. The molecule has 112 valence electrons. The Balaban J connectivity index is 3.21. The van der Waals surface area contributed by atoms with Crippen molar-refractivity contribution < 1.29 is 18.4 Å². The number of nitro benzene ring substituents is 1. The zero-order chi connectivity index (χ0) is 15.6. The molecule has 1 N–H and O–H groups in total. The highest BCUT2D eigenvalue weighted by atomic mass is 79.9. The second kappa shape index (κ2) is 6.19. The van der Waals surface area contributed by atoms with Crippen LogP contribution in [0.1, 0.15) is 31.9 Å². The van der Waals surface area contributed by atoms with Gasteiger partial charge in [-0.05, 0) is 24.1 Å². The summed E-state index contributed by atoms with van der Waals surface area (Å²) in [4.78, 5) is 10.0. The fourth-order valence-electron chi connectivity index (χ4n) is 1.85. The molecule has 0 saturated carbocycles. The lowest BCUT2D eigenvalue weighted by molar-refractivity contribution is -0.384. The minimum Gasteiger partial charge on any atom is -0.386 e. The molecule has 0 heterocycles. The molecular formula is C12H16BrNO5S. The van der Waals surface area contributed by atoms with Crippen molar-refractivity contribution in [1.82, 2.24) is 0 Å². The van der Waals surface area contributed by atoms with Gasteiger partial charge < -0.3 is 5.11 Å². The number of aliphatic hydroxyl groups is 1. The van der Waals surface area contributed by atoms with Gasteiger partial charge in [-0.15, -0.1) is 0 Å². The summed E-state index contributed by atoms with van der Waals surface area (Å²) in [5.74, 6) is -0.115. The van der Waals surface area contributed by atoms with Gasteiger partial charge in [0.1, 0.15) is 6.10 Å². The average Bonchev–Trinajstić information content (AvgIpc) is 2.45. The van der Waals surface area contributed by atoms with E-state index >= 15 is 0 Å². The van der Waals surface area contributed by atoms with Crippen LogP contribution in [0.25, 0.3) is 0 Å². The van der Waals surface area contributed by atoms with Gasteiger partial charge in [0.2, 0.25) is 0 Å². The van der Waals surface area contributed by atoms with E-state index in [0.29, 0.717) is 5.56 Å². The zero-order valence-corrected chi connectivity index (χ0v) is 13.5. The van der Waals surface area contributed by atoms with Gasteiger partial charge in [-0.3, -0.25) is 10.1 Å². The van der Waals surface area contributed by atoms with E-state index in [2.05, 4.69) is 15.9 Å². The molecule has 20 heavy (non-hydrogen) atoms. The molecule has 6 nitrogen and oxygen atoms in total. The van der Waals surface area contributed by atoms with Crippen LogP contribution in [0.15, 0.2) is 24.3 Å². The van der Waals surface area contributed by atoms with E-state index in [1.807, 2.05) is 0 Å². The summed E-state index contributed by atoms with van der Waals surface area (Å²) in [7, 11) is -3.55. The Bertz CT molecular complexity index is 586. The van der Waals surface area contributed by atoms with Gasteiger partial charge in [0.15, 0.2) is 13.5 Å². The van der Waals surface area contributed by atoms with Crippen LogP contribution >= 0.6 is 15.9 Å². The normalized spacial score (nSPS) is 16.4. The predicted octanol–water partition coefficient (Wildman–Crippen LogP) is 2.56. The predicted molar refractivity (Wildman–Crippen MR) is 79.5 cm³/mol. The molecule has 1 aromatic carbocycles. The van der Waals surface area contributed by atoms with Gasteiger partial charge >= 0.3 is 0 Å². The molecule has 0 saturated heterocycles. The van der Waals surface area contributed by atoms with Crippen molar-refractivity contribution >= 4 is 31.5 Å². The van der Waals surface area contributed by atoms with Gasteiger partial charge in [0.05, 0.1) is 4.92 Å². The number of sulfone groups is 1. The number of aliphatic hydroxyl groups excluding tert-OH is 1. The molecular weight excluding hydrogens is 350 g/mol. The molecule has 0 fully saturated rings. The second-order valence-electron chi connectivity index (χ2n) is 4.29. The first kappa shape index (κ1) is 17.1. The van der Waals surface area contributed by atoms with Crippen LogP contribution < -0.4 is 0 Å². The smallest absolute Gasteiger partial charge is 0.269 e. The van der Waals surface area contributed by atoms with Crippen LogP contribution in [-0.4, -0.2) is 27.9 Å². The lowest BCUT2D eigenvalue weighted by Crippen LogP contribution is -2.39. The van der Waals surface area contributed by atoms with Crippen molar-refractivity contribution in [2.45, 2.75) is 30.0 Å². The number of halogens is 1.